The zero-order chi connectivity index (χ0) is 16.6. The Hall–Kier alpha value is -2.04. The first kappa shape index (κ1) is 15.8. The summed E-state index contributed by atoms with van der Waals surface area (Å²) >= 11 is 0. The molecule has 1 fully saturated rings. The number of nitrogens with one attached hydrogen (secondary N) is 1. The van der Waals surface area contributed by atoms with Gasteiger partial charge in [-0.3, -0.25) is 0 Å². The summed E-state index contributed by atoms with van der Waals surface area (Å²) in [4.78, 5) is 14.2. The maximum Gasteiger partial charge on any atom is 0.317 e. The SMILES string of the molecule is Cc1c(C(C)NC(=O)N2CCC(C)CC2)oc2ccc(F)cc12. The van der Waals surface area contributed by atoms with E-state index in [1.165, 1.54) is 12.1 Å². The summed E-state index contributed by atoms with van der Waals surface area (Å²) in [5, 5.41) is 3.75. The largest absolute Gasteiger partial charge is 0.459 e. The second kappa shape index (κ2) is 6.22. The van der Waals surface area contributed by atoms with Gasteiger partial charge in [0.2, 0.25) is 0 Å². The standard InChI is InChI=1S/C18H23FN2O2/c1-11-6-8-21(9-7-11)18(22)20-13(3)17-12(2)15-10-14(19)4-5-16(15)23-17/h4-5,10-11,13H,6-9H2,1-3H3,(H,20,22). The summed E-state index contributed by atoms with van der Waals surface area (Å²) in [5.41, 5.74) is 1.52. The number of aryl methyl sites for hydroxylation is 1. The van der Waals surface area contributed by atoms with E-state index >= 15 is 0 Å². The van der Waals surface area contributed by atoms with Crippen molar-refractivity contribution >= 4 is 17.0 Å². The molecule has 0 radical (unpaired) electrons. The van der Waals surface area contributed by atoms with Crippen LogP contribution in [0, 0.1) is 18.7 Å². The molecule has 2 heterocycles. The van der Waals surface area contributed by atoms with Crippen molar-refractivity contribution in [1.82, 2.24) is 10.2 Å². The molecule has 1 aromatic heterocycles. The smallest absolute Gasteiger partial charge is 0.317 e. The van der Waals surface area contributed by atoms with Gasteiger partial charge in [0.05, 0.1) is 6.04 Å². The van der Waals surface area contributed by atoms with Gasteiger partial charge in [0.15, 0.2) is 0 Å². The highest BCUT2D eigenvalue weighted by Gasteiger charge is 2.24. The van der Waals surface area contributed by atoms with E-state index in [1.807, 2.05) is 18.7 Å². The summed E-state index contributed by atoms with van der Waals surface area (Å²) in [6.07, 6.45) is 2.09. The number of fused-ring (bicyclic) bond motifs is 1. The number of carbonyl (C=O) groups is 1. The molecule has 0 spiro atoms. The summed E-state index contributed by atoms with van der Waals surface area (Å²) < 4.78 is 19.2. The number of halogens is 1. The Morgan fingerprint density at radius 3 is 2.78 bits per heavy atom. The van der Waals surface area contributed by atoms with E-state index in [0.717, 1.165) is 36.9 Å². The zero-order valence-electron chi connectivity index (χ0n) is 13.9. The van der Waals surface area contributed by atoms with Crippen molar-refractivity contribution in [2.45, 2.75) is 39.7 Å². The van der Waals surface area contributed by atoms with E-state index in [-0.39, 0.29) is 17.9 Å². The summed E-state index contributed by atoms with van der Waals surface area (Å²) in [5.74, 6) is 1.08. The molecule has 2 aromatic rings. The van der Waals surface area contributed by atoms with E-state index in [9.17, 15) is 9.18 Å². The van der Waals surface area contributed by atoms with Gasteiger partial charge in [-0.1, -0.05) is 6.92 Å². The van der Waals surface area contributed by atoms with Crippen molar-refractivity contribution in [2.75, 3.05) is 13.1 Å². The normalized spacial score (nSPS) is 17.5. The van der Waals surface area contributed by atoms with Gasteiger partial charge in [0.25, 0.3) is 0 Å². The van der Waals surface area contributed by atoms with Crippen molar-refractivity contribution in [1.29, 1.82) is 0 Å². The minimum atomic E-state index is -0.285. The highest BCUT2D eigenvalue weighted by Crippen LogP contribution is 2.30. The molecular weight excluding hydrogens is 295 g/mol. The molecule has 4 nitrogen and oxygen atoms in total. The van der Waals surface area contributed by atoms with Crippen LogP contribution in [0.5, 0.6) is 0 Å². The second-order valence-electron chi connectivity index (χ2n) is 6.57. The van der Waals surface area contributed by atoms with Gasteiger partial charge in [0, 0.05) is 24.0 Å². The quantitative estimate of drug-likeness (QED) is 0.893. The van der Waals surface area contributed by atoms with Crippen LogP contribution >= 0.6 is 0 Å². The van der Waals surface area contributed by atoms with Crippen LogP contribution in [0.15, 0.2) is 22.6 Å². The van der Waals surface area contributed by atoms with E-state index in [4.69, 9.17) is 4.42 Å². The maximum atomic E-state index is 13.4. The Kier molecular flexibility index (Phi) is 4.28. The molecule has 0 saturated carbocycles. The fraction of sp³-hybridized carbons (Fsp3) is 0.500. The summed E-state index contributed by atoms with van der Waals surface area (Å²) in [6, 6.07) is 4.17. The lowest BCUT2D eigenvalue weighted by atomic mass is 9.99. The number of amides is 2. The van der Waals surface area contributed by atoms with Crippen LogP contribution in [0.25, 0.3) is 11.0 Å². The molecule has 0 aliphatic carbocycles. The number of nitrogens with zero attached hydrogens (tertiary/aromatic N) is 1. The Morgan fingerprint density at radius 1 is 1.39 bits per heavy atom. The van der Waals surface area contributed by atoms with Gasteiger partial charge < -0.3 is 14.6 Å². The second-order valence-corrected chi connectivity index (χ2v) is 6.57. The van der Waals surface area contributed by atoms with Gasteiger partial charge in [-0.05, 0) is 50.8 Å². The van der Waals surface area contributed by atoms with Crippen LogP contribution in [-0.2, 0) is 0 Å². The predicted molar refractivity (Wildman–Crippen MR) is 87.8 cm³/mol. The fourth-order valence-corrected chi connectivity index (χ4v) is 3.18. The van der Waals surface area contributed by atoms with Gasteiger partial charge in [-0.25, -0.2) is 9.18 Å². The number of benzene rings is 1. The Morgan fingerprint density at radius 2 is 2.09 bits per heavy atom. The minimum Gasteiger partial charge on any atom is -0.459 e. The number of rotatable bonds is 2. The number of urea groups is 1. The molecule has 2 amide bonds. The molecule has 1 atom stereocenters. The molecule has 1 aromatic carbocycles. The van der Waals surface area contributed by atoms with Crippen molar-refractivity contribution in [3.8, 4) is 0 Å². The third-order valence-electron chi connectivity index (χ3n) is 4.74. The lowest BCUT2D eigenvalue weighted by Crippen LogP contribution is -2.44. The van der Waals surface area contributed by atoms with Crippen LogP contribution in [0.1, 0.15) is 44.1 Å². The number of hydrogen-bond acceptors (Lipinski definition) is 2. The molecule has 1 saturated heterocycles. The minimum absolute atomic E-state index is 0.0598. The third-order valence-corrected chi connectivity index (χ3v) is 4.74. The number of carbonyl (C=O) groups excluding carboxylic acids is 1. The van der Waals surface area contributed by atoms with Crippen LogP contribution in [0.2, 0.25) is 0 Å². The van der Waals surface area contributed by atoms with Crippen LogP contribution < -0.4 is 5.32 Å². The average molecular weight is 318 g/mol. The first-order valence-electron chi connectivity index (χ1n) is 8.19. The van der Waals surface area contributed by atoms with E-state index in [2.05, 4.69) is 12.2 Å². The summed E-state index contributed by atoms with van der Waals surface area (Å²) in [6.45, 7) is 7.60. The molecule has 1 aliphatic rings. The van der Waals surface area contributed by atoms with Crippen molar-refractivity contribution in [3.63, 3.8) is 0 Å². The van der Waals surface area contributed by atoms with Gasteiger partial charge in [-0.2, -0.15) is 0 Å². The van der Waals surface area contributed by atoms with Gasteiger partial charge >= 0.3 is 6.03 Å². The lowest BCUT2D eigenvalue weighted by Gasteiger charge is -2.31. The predicted octanol–water partition coefficient (Wildman–Crippen LogP) is 4.38. The molecule has 1 N–H and O–H groups in total. The highest BCUT2D eigenvalue weighted by atomic mass is 19.1. The molecule has 124 valence electrons. The van der Waals surface area contributed by atoms with Crippen molar-refractivity contribution < 1.29 is 13.6 Å². The Labute approximate surface area is 135 Å². The fourth-order valence-electron chi connectivity index (χ4n) is 3.18. The topological polar surface area (TPSA) is 45.5 Å². The number of furan rings is 1. The average Bonchev–Trinajstić information content (AvgIpc) is 2.85. The van der Waals surface area contributed by atoms with E-state index < -0.39 is 0 Å². The molecule has 1 unspecified atom stereocenters. The third kappa shape index (κ3) is 3.19. The monoisotopic (exact) mass is 318 g/mol. The molecule has 0 bridgehead atoms. The molecule has 1 aliphatic heterocycles. The van der Waals surface area contributed by atoms with E-state index in [1.54, 1.807) is 6.07 Å². The first-order valence-corrected chi connectivity index (χ1v) is 8.19. The van der Waals surface area contributed by atoms with Gasteiger partial charge in [0.1, 0.15) is 17.2 Å². The summed E-state index contributed by atoms with van der Waals surface area (Å²) in [7, 11) is 0. The molecule has 23 heavy (non-hydrogen) atoms. The number of piperidine rings is 1. The van der Waals surface area contributed by atoms with Crippen LogP contribution in [-0.4, -0.2) is 24.0 Å². The van der Waals surface area contributed by atoms with Crippen LogP contribution in [0.3, 0.4) is 0 Å². The van der Waals surface area contributed by atoms with Crippen molar-refractivity contribution in [2.24, 2.45) is 5.92 Å². The van der Waals surface area contributed by atoms with Crippen molar-refractivity contribution in [3.05, 3.63) is 35.3 Å². The first-order chi connectivity index (χ1) is 11.0. The number of hydrogen-bond donors (Lipinski definition) is 1. The Bertz CT molecular complexity index is 717. The lowest BCUT2D eigenvalue weighted by molar-refractivity contribution is 0.170. The number of likely N-dealkylation sites (tertiary alicyclic amines) is 1. The highest BCUT2D eigenvalue weighted by molar-refractivity contribution is 5.82. The molecule has 5 heteroatoms. The molecule has 3 rings (SSSR count). The maximum absolute atomic E-state index is 13.4. The zero-order valence-corrected chi connectivity index (χ0v) is 13.9. The van der Waals surface area contributed by atoms with Crippen LogP contribution in [0.4, 0.5) is 9.18 Å². The van der Waals surface area contributed by atoms with E-state index in [0.29, 0.717) is 17.3 Å². The Balaban J connectivity index is 1.74. The van der Waals surface area contributed by atoms with Gasteiger partial charge in [-0.15, -0.1) is 0 Å². The molecular formula is C18H23FN2O2.